The summed E-state index contributed by atoms with van der Waals surface area (Å²) in [5, 5.41) is 0. The maximum atomic E-state index is 2.67. The van der Waals surface area contributed by atoms with Gasteiger partial charge in [0.05, 0.1) is 0 Å². The average Bonchev–Trinajstić information content (AvgIpc) is 3.53. The molecule has 0 radical (unpaired) electrons. The Bertz CT molecular complexity index is 3490. The van der Waals surface area contributed by atoms with Gasteiger partial charge < -0.3 is 19.6 Å². The monoisotopic (exact) mass is 987 g/mol. The van der Waals surface area contributed by atoms with Gasteiger partial charge in [-0.05, 0) is 168 Å². The Morgan fingerprint density at radius 3 is 0.855 bits per heavy atom. The molecule has 4 heterocycles. The summed E-state index contributed by atoms with van der Waals surface area (Å²) in [5.41, 5.74) is 27.3. The molecular formula is C70H68B2N4. The molecule has 76 heavy (non-hydrogen) atoms. The molecule has 0 spiro atoms. The number of hydrogen-bond donors (Lipinski definition) is 0. The van der Waals surface area contributed by atoms with Crippen LogP contribution in [0.15, 0.2) is 194 Å². The fourth-order valence-electron chi connectivity index (χ4n) is 12.7. The van der Waals surface area contributed by atoms with Crippen LogP contribution in [-0.2, 0) is 21.7 Å². The van der Waals surface area contributed by atoms with Gasteiger partial charge in [-0.2, -0.15) is 0 Å². The van der Waals surface area contributed by atoms with Crippen molar-refractivity contribution in [3.8, 4) is 0 Å². The van der Waals surface area contributed by atoms with E-state index in [0.29, 0.717) is 0 Å². The van der Waals surface area contributed by atoms with Gasteiger partial charge in [0, 0.05) is 68.2 Å². The van der Waals surface area contributed by atoms with Crippen LogP contribution < -0.4 is 52.4 Å². The lowest BCUT2D eigenvalue weighted by atomic mass is 9.30. The van der Waals surface area contributed by atoms with E-state index in [9.17, 15) is 0 Å². The summed E-state index contributed by atoms with van der Waals surface area (Å²) in [6.07, 6.45) is 0. The van der Waals surface area contributed by atoms with Crippen molar-refractivity contribution < 1.29 is 0 Å². The minimum Gasteiger partial charge on any atom is -0.311 e. The average molecular weight is 987 g/mol. The molecule has 0 aliphatic carbocycles. The third kappa shape index (κ3) is 7.49. The van der Waals surface area contributed by atoms with Crippen LogP contribution in [0.1, 0.15) is 105 Å². The summed E-state index contributed by atoms with van der Waals surface area (Å²) in [7, 11) is 0. The Morgan fingerprint density at radius 2 is 0.526 bits per heavy atom. The molecule has 0 bridgehead atoms. The molecule has 0 saturated carbocycles. The quantitative estimate of drug-likeness (QED) is 0.163. The standard InChI is InChI=1S/C70H68B2N4/c1-67(2,3)45-37-46(68(4,5)6)40-51(39-45)75-61-35-23-33-59-65(61)71(53-29-19-21-31-57(53)73(59)49-25-15-13-16-26-49)55-43-56-64(44-63(55)75)76(52-41-47(69(7,8)9)38-48(42-52)70(10,11)12)62-36-24-34-60-66(62)72(56)54-30-20-22-32-58(54)74(60)50-27-17-14-18-28-50/h13-44H,1-12H3. The molecule has 0 atom stereocenters. The van der Waals surface area contributed by atoms with Crippen molar-refractivity contribution in [3.63, 3.8) is 0 Å². The van der Waals surface area contributed by atoms with Gasteiger partial charge in [0.2, 0.25) is 0 Å². The van der Waals surface area contributed by atoms with E-state index in [2.05, 4.69) is 297 Å². The van der Waals surface area contributed by atoms with Gasteiger partial charge in [-0.15, -0.1) is 0 Å². The van der Waals surface area contributed by atoms with E-state index < -0.39 is 0 Å². The van der Waals surface area contributed by atoms with E-state index in [1.165, 1.54) is 112 Å². The first kappa shape index (κ1) is 48.0. The van der Waals surface area contributed by atoms with Gasteiger partial charge in [-0.1, -0.05) is 186 Å². The van der Waals surface area contributed by atoms with Crippen molar-refractivity contribution in [2.75, 3.05) is 19.6 Å². The fourth-order valence-corrected chi connectivity index (χ4v) is 12.7. The second kappa shape index (κ2) is 16.9. The highest BCUT2D eigenvalue weighted by atomic mass is 15.2. The predicted molar refractivity (Wildman–Crippen MR) is 329 cm³/mol. The first-order valence-electron chi connectivity index (χ1n) is 27.5. The van der Waals surface area contributed by atoms with E-state index >= 15 is 0 Å². The van der Waals surface area contributed by atoms with Crippen LogP contribution in [0.25, 0.3) is 0 Å². The van der Waals surface area contributed by atoms with Crippen LogP contribution in [0.4, 0.5) is 68.2 Å². The van der Waals surface area contributed by atoms with Crippen LogP contribution in [0.2, 0.25) is 0 Å². The Balaban J connectivity index is 1.18. The summed E-state index contributed by atoms with van der Waals surface area (Å²) in [6.45, 7) is 28.2. The summed E-state index contributed by atoms with van der Waals surface area (Å²) >= 11 is 0. The molecule has 6 heteroatoms. The second-order valence-corrected chi connectivity index (χ2v) is 25.9. The fraction of sp³-hybridized carbons (Fsp3) is 0.229. The lowest BCUT2D eigenvalue weighted by molar-refractivity contribution is 0.568. The van der Waals surface area contributed by atoms with Crippen molar-refractivity contribution >= 4 is 114 Å². The number of para-hydroxylation sites is 4. The third-order valence-electron chi connectivity index (χ3n) is 16.8. The van der Waals surface area contributed by atoms with Gasteiger partial charge in [-0.25, -0.2) is 0 Å². The van der Waals surface area contributed by atoms with Gasteiger partial charge >= 0.3 is 0 Å². The molecule has 374 valence electrons. The maximum Gasteiger partial charge on any atom is 0.252 e. The molecule has 0 unspecified atom stereocenters. The lowest BCUT2D eigenvalue weighted by Crippen LogP contribution is -2.65. The molecule has 9 aromatic carbocycles. The number of fused-ring (bicyclic) bond motifs is 8. The lowest BCUT2D eigenvalue weighted by Gasteiger charge is -2.47. The Labute approximate surface area is 452 Å². The number of benzene rings is 9. The van der Waals surface area contributed by atoms with Gasteiger partial charge in [0.15, 0.2) is 0 Å². The molecular weight excluding hydrogens is 918 g/mol. The molecule has 0 aromatic heterocycles. The Morgan fingerprint density at radius 1 is 0.237 bits per heavy atom. The maximum absolute atomic E-state index is 2.67. The smallest absolute Gasteiger partial charge is 0.252 e. The molecule has 0 N–H and O–H groups in total. The minimum atomic E-state index is -0.0881. The largest absolute Gasteiger partial charge is 0.311 e. The topological polar surface area (TPSA) is 13.0 Å². The number of anilines is 12. The van der Waals surface area contributed by atoms with Crippen molar-refractivity contribution in [2.24, 2.45) is 0 Å². The Hall–Kier alpha value is -7.69. The summed E-state index contributed by atoms with van der Waals surface area (Å²) in [6, 6.07) is 74.5. The van der Waals surface area contributed by atoms with Gasteiger partial charge in [0.25, 0.3) is 13.4 Å². The number of hydrogen-bond acceptors (Lipinski definition) is 4. The minimum absolute atomic E-state index is 0.0479. The van der Waals surface area contributed by atoms with Crippen LogP contribution >= 0.6 is 0 Å². The first-order chi connectivity index (χ1) is 36.3. The first-order valence-corrected chi connectivity index (χ1v) is 27.5. The number of rotatable bonds is 4. The normalized spacial score (nSPS) is 14.4. The van der Waals surface area contributed by atoms with Crippen molar-refractivity contribution in [1.29, 1.82) is 0 Å². The van der Waals surface area contributed by atoms with Crippen molar-refractivity contribution in [1.82, 2.24) is 0 Å². The van der Waals surface area contributed by atoms with E-state index in [1.807, 2.05) is 0 Å². The summed E-state index contributed by atoms with van der Waals surface area (Å²) < 4.78 is 0. The van der Waals surface area contributed by atoms with E-state index in [-0.39, 0.29) is 35.1 Å². The molecule has 13 rings (SSSR count). The zero-order chi connectivity index (χ0) is 52.8. The predicted octanol–water partition coefficient (Wildman–Crippen LogP) is 15.0. The van der Waals surface area contributed by atoms with Gasteiger partial charge in [-0.3, -0.25) is 0 Å². The highest BCUT2D eigenvalue weighted by Gasteiger charge is 2.48. The highest BCUT2D eigenvalue weighted by Crippen LogP contribution is 2.50. The van der Waals surface area contributed by atoms with Crippen LogP contribution in [-0.4, -0.2) is 13.4 Å². The molecule has 9 aromatic rings. The molecule has 0 amide bonds. The van der Waals surface area contributed by atoms with Gasteiger partial charge in [0.1, 0.15) is 0 Å². The molecule has 0 saturated heterocycles. The zero-order valence-corrected chi connectivity index (χ0v) is 46.4. The molecule has 4 nitrogen and oxygen atoms in total. The van der Waals surface area contributed by atoms with Crippen LogP contribution in [0.5, 0.6) is 0 Å². The third-order valence-corrected chi connectivity index (χ3v) is 16.8. The van der Waals surface area contributed by atoms with E-state index in [0.717, 1.165) is 11.4 Å². The SMILES string of the molecule is CC(C)(C)c1cc(N2c3cc4c(cc3B3c5ccccc5N(c5ccccc5)c5cccc2c53)B2c3ccccc3N(c3ccccc3)c3cccc(c32)N4c2cc(C(C)(C)C)cc(C(C)(C)C)c2)cc(C(C)(C)C)c1. The summed E-state index contributed by atoms with van der Waals surface area (Å²) in [5.74, 6) is 0. The van der Waals surface area contributed by atoms with Crippen LogP contribution in [0.3, 0.4) is 0 Å². The number of nitrogens with zero attached hydrogens (tertiary/aromatic N) is 4. The Kier molecular flexibility index (Phi) is 10.7. The molecule has 0 fully saturated rings. The highest BCUT2D eigenvalue weighted by molar-refractivity contribution is 7.03. The molecule has 4 aliphatic heterocycles. The van der Waals surface area contributed by atoms with E-state index in [1.54, 1.807) is 0 Å². The summed E-state index contributed by atoms with van der Waals surface area (Å²) in [4.78, 5) is 10.3. The van der Waals surface area contributed by atoms with Crippen LogP contribution in [0, 0.1) is 0 Å². The van der Waals surface area contributed by atoms with Crippen molar-refractivity contribution in [3.05, 3.63) is 216 Å². The van der Waals surface area contributed by atoms with Crippen molar-refractivity contribution in [2.45, 2.75) is 105 Å². The van der Waals surface area contributed by atoms with E-state index in [4.69, 9.17) is 0 Å². The zero-order valence-electron chi connectivity index (χ0n) is 46.4. The molecule has 4 aliphatic rings. The second-order valence-electron chi connectivity index (χ2n) is 25.9.